The van der Waals surface area contributed by atoms with Gasteiger partial charge < -0.3 is 4.84 Å². The molecule has 1 N–H and O–H groups in total. The van der Waals surface area contributed by atoms with Gasteiger partial charge in [-0.1, -0.05) is 11.2 Å². The number of nitrogens with zero attached hydrogens (tertiary/aromatic N) is 3. The van der Waals surface area contributed by atoms with Crippen molar-refractivity contribution in [3.63, 3.8) is 0 Å². The van der Waals surface area contributed by atoms with E-state index in [1.165, 1.54) is 23.1 Å². The number of hydrogen-bond acceptors (Lipinski definition) is 7. The van der Waals surface area contributed by atoms with Crippen LogP contribution in [0.4, 0.5) is 5.13 Å². The van der Waals surface area contributed by atoms with Crippen LogP contribution in [0.1, 0.15) is 32.6 Å². The number of carbonyl (C=O) groups excluding carboxylic acids is 1. The number of thiazole rings is 1. The Hall–Kier alpha value is -1.93. The number of amides is 1. The molecule has 1 saturated carbocycles. The average molecular weight is 379 g/mol. The molecule has 0 aromatic carbocycles. The number of anilines is 1. The lowest BCUT2D eigenvalue weighted by Gasteiger charge is -2.10. The van der Waals surface area contributed by atoms with E-state index in [9.17, 15) is 4.79 Å². The number of thioether (sulfide) groups is 1. The molecule has 6 nitrogen and oxygen atoms in total. The second kappa shape index (κ2) is 10.1. The predicted octanol–water partition coefficient (Wildman–Crippen LogP) is 4.25. The van der Waals surface area contributed by atoms with Gasteiger partial charge in [0.1, 0.15) is 6.10 Å². The lowest BCUT2D eigenvalue weighted by atomic mass is 10.1. The zero-order chi connectivity index (χ0) is 18.1. The average Bonchev–Trinajstić information content (AvgIpc) is 3.30. The smallest absolute Gasteiger partial charge is 0.279 e. The maximum absolute atomic E-state index is 12.6. The highest BCUT2D eigenvalue weighted by Gasteiger charge is 2.20. The molecule has 0 atom stereocenters. The molecule has 2 rings (SSSR count). The second-order valence-electron chi connectivity index (χ2n) is 5.46. The molecular weight excluding hydrogens is 356 g/mol. The predicted molar refractivity (Wildman–Crippen MR) is 106 cm³/mol. The van der Waals surface area contributed by atoms with E-state index in [-0.39, 0.29) is 17.7 Å². The van der Waals surface area contributed by atoms with E-state index in [4.69, 9.17) is 4.84 Å². The summed E-state index contributed by atoms with van der Waals surface area (Å²) in [5.74, 6) is -0.340. The van der Waals surface area contributed by atoms with Crippen molar-refractivity contribution in [3.05, 3.63) is 34.3 Å². The third-order valence-corrected chi connectivity index (χ3v) is 5.05. The van der Waals surface area contributed by atoms with Gasteiger partial charge in [0.15, 0.2) is 10.8 Å². The lowest BCUT2D eigenvalue weighted by molar-refractivity contribution is -0.110. The standard InChI is InChI=1S/C17H22N4O2S2/c1-12(8-9-14(18-2)24-3)15(21-23-13-6-4-5-7-13)16(22)20-17-19-10-11-25-17/h8-11,13H,2,4-7H2,1,3H3,(H,19,20,22)/b12-8+,14-9+,21-15+. The summed E-state index contributed by atoms with van der Waals surface area (Å²) in [6.07, 6.45) is 11.5. The Balaban J connectivity index is 2.18. The van der Waals surface area contributed by atoms with E-state index >= 15 is 0 Å². The summed E-state index contributed by atoms with van der Waals surface area (Å²) in [6, 6.07) is 0. The number of oxime groups is 1. The topological polar surface area (TPSA) is 75.9 Å². The molecule has 0 unspecified atom stereocenters. The molecular formula is C17H22N4O2S2. The van der Waals surface area contributed by atoms with E-state index < -0.39 is 0 Å². The fourth-order valence-electron chi connectivity index (χ4n) is 2.32. The SMILES string of the molecule is C=N\C(=C/C=C(C)/C(=N\OC1CCCC1)C(=O)Nc1nccs1)SC. The molecule has 0 radical (unpaired) electrons. The van der Waals surface area contributed by atoms with E-state index in [1.807, 2.05) is 13.2 Å². The quantitative estimate of drug-likeness (QED) is 0.417. The van der Waals surface area contributed by atoms with Gasteiger partial charge in [-0.05, 0) is 57.2 Å². The first kappa shape index (κ1) is 19.4. The van der Waals surface area contributed by atoms with Crippen molar-refractivity contribution in [2.24, 2.45) is 10.1 Å². The van der Waals surface area contributed by atoms with Gasteiger partial charge in [0, 0.05) is 11.6 Å². The minimum atomic E-state index is -0.340. The Morgan fingerprint density at radius 2 is 2.24 bits per heavy atom. The molecule has 1 aliphatic carbocycles. The molecule has 1 aromatic rings. The monoisotopic (exact) mass is 378 g/mol. The Labute approximate surface area is 156 Å². The van der Waals surface area contributed by atoms with Crippen molar-refractivity contribution >= 4 is 46.6 Å². The van der Waals surface area contributed by atoms with Crippen molar-refractivity contribution in [2.75, 3.05) is 11.6 Å². The summed E-state index contributed by atoms with van der Waals surface area (Å²) >= 11 is 2.83. The van der Waals surface area contributed by atoms with Crippen LogP contribution in [-0.4, -0.2) is 35.7 Å². The number of nitrogens with one attached hydrogen (secondary N) is 1. The minimum Gasteiger partial charge on any atom is -0.392 e. The molecule has 1 heterocycles. The first-order valence-electron chi connectivity index (χ1n) is 7.98. The third-order valence-electron chi connectivity index (χ3n) is 3.68. The van der Waals surface area contributed by atoms with Crippen LogP contribution in [0.3, 0.4) is 0 Å². The van der Waals surface area contributed by atoms with Crippen molar-refractivity contribution in [2.45, 2.75) is 38.7 Å². The summed E-state index contributed by atoms with van der Waals surface area (Å²) in [6.45, 7) is 5.33. The Morgan fingerprint density at radius 1 is 1.48 bits per heavy atom. The largest absolute Gasteiger partial charge is 0.392 e. The van der Waals surface area contributed by atoms with E-state index in [0.29, 0.717) is 10.7 Å². The Morgan fingerprint density at radius 3 is 2.84 bits per heavy atom. The van der Waals surface area contributed by atoms with Crippen LogP contribution in [0.25, 0.3) is 0 Å². The van der Waals surface area contributed by atoms with Crippen molar-refractivity contribution in [1.82, 2.24) is 4.98 Å². The number of carbonyl (C=O) groups is 1. The maximum atomic E-state index is 12.6. The van der Waals surface area contributed by atoms with Crippen molar-refractivity contribution in [1.29, 1.82) is 0 Å². The molecule has 8 heteroatoms. The first-order valence-corrected chi connectivity index (χ1v) is 10.1. The van der Waals surface area contributed by atoms with Gasteiger partial charge in [-0.2, -0.15) is 0 Å². The number of aromatic nitrogens is 1. The summed E-state index contributed by atoms with van der Waals surface area (Å²) in [5.41, 5.74) is 0.921. The molecule has 1 aromatic heterocycles. The summed E-state index contributed by atoms with van der Waals surface area (Å²) in [5, 5.41) is 9.98. The van der Waals surface area contributed by atoms with Crippen LogP contribution in [0.2, 0.25) is 0 Å². The Bertz CT molecular complexity index is 675. The molecule has 1 aliphatic rings. The lowest BCUT2D eigenvalue weighted by Crippen LogP contribution is -2.24. The van der Waals surface area contributed by atoms with Gasteiger partial charge in [-0.3, -0.25) is 15.1 Å². The van der Waals surface area contributed by atoms with E-state index in [2.05, 4.69) is 27.2 Å². The highest BCUT2D eigenvalue weighted by molar-refractivity contribution is 8.02. The zero-order valence-corrected chi connectivity index (χ0v) is 16.0. The molecule has 0 saturated heterocycles. The van der Waals surface area contributed by atoms with Gasteiger partial charge in [0.05, 0.1) is 5.03 Å². The van der Waals surface area contributed by atoms with Crippen LogP contribution in [0.5, 0.6) is 0 Å². The van der Waals surface area contributed by atoms with Crippen LogP contribution >= 0.6 is 23.1 Å². The fourth-order valence-corrected chi connectivity index (χ4v) is 3.17. The molecule has 134 valence electrons. The number of rotatable bonds is 8. The first-order chi connectivity index (χ1) is 12.1. The fraction of sp³-hybridized carbons (Fsp3) is 0.412. The molecule has 0 aliphatic heterocycles. The summed E-state index contributed by atoms with van der Waals surface area (Å²) < 4.78 is 0. The number of hydrogen-bond donors (Lipinski definition) is 1. The van der Waals surface area contributed by atoms with Crippen LogP contribution in [0, 0.1) is 0 Å². The minimum absolute atomic E-state index is 0.0857. The van der Waals surface area contributed by atoms with Gasteiger partial charge >= 0.3 is 0 Å². The molecule has 1 fully saturated rings. The third kappa shape index (κ3) is 6.13. The maximum Gasteiger partial charge on any atom is 0.279 e. The summed E-state index contributed by atoms with van der Waals surface area (Å²) in [7, 11) is 0. The zero-order valence-electron chi connectivity index (χ0n) is 14.4. The van der Waals surface area contributed by atoms with Crippen molar-refractivity contribution in [3.8, 4) is 0 Å². The Kier molecular flexibility index (Phi) is 7.87. The van der Waals surface area contributed by atoms with Gasteiger partial charge in [0.2, 0.25) is 0 Å². The van der Waals surface area contributed by atoms with E-state index in [1.54, 1.807) is 23.7 Å². The molecule has 0 spiro atoms. The number of aliphatic imine (C=N–C) groups is 1. The normalized spacial score (nSPS) is 16.8. The number of allylic oxidation sites excluding steroid dienone is 2. The molecule has 0 bridgehead atoms. The second-order valence-corrected chi connectivity index (χ2v) is 7.18. The van der Waals surface area contributed by atoms with Gasteiger partial charge in [0.25, 0.3) is 5.91 Å². The van der Waals surface area contributed by atoms with Crippen LogP contribution < -0.4 is 5.32 Å². The van der Waals surface area contributed by atoms with Gasteiger partial charge in [-0.25, -0.2) is 4.98 Å². The highest BCUT2D eigenvalue weighted by Crippen LogP contribution is 2.21. The van der Waals surface area contributed by atoms with Gasteiger partial charge in [-0.15, -0.1) is 23.1 Å². The molecule has 1 amide bonds. The highest BCUT2D eigenvalue weighted by atomic mass is 32.2. The van der Waals surface area contributed by atoms with Crippen molar-refractivity contribution < 1.29 is 9.63 Å². The summed E-state index contributed by atoms with van der Waals surface area (Å²) in [4.78, 5) is 26.1. The molecule has 25 heavy (non-hydrogen) atoms. The van der Waals surface area contributed by atoms with E-state index in [0.717, 1.165) is 30.7 Å². The van der Waals surface area contributed by atoms with Crippen LogP contribution in [-0.2, 0) is 9.63 Å². The van der Waals surface area contributed by atoms with Crippen LogP contribution in [0.15, 0.2) is 44.5 Å².